The van der Waals surface area contributed by atoms with Crippen LogP contribution in [0.3, 0.4) is 0 Å². The van der Waals surface area contributed by atoms with Crippen LogP contribution in [0.4, 0.5) is 27.9 Å². The van der Waals surface area contributed by atoms with Gasteiger partial charge in [0.1, 0.15) is 17.5 Å². The number of rotatable bonds is 9. The summed E-state index contributed by atoms with van der Waals surface area (Å²) in [4.78, 5) is 51.1. The highest BCUT2D eigenvalue weighted by Crippen LogP contribution is 2.26. The molecule has 0 spiro atoms. The van der Waals surface area contributed by atoms with E-state index in [0.29, 0.717) is 61.4 Å². The summed E-state index contributed by atoms with van der Waals surface area (Å²) in [7, 11) is 0. The number of carbonyl (C=O) groups is 2. The molecule has 12 nitrogen and oxygen atoms in total. The van der Waals surface area contributed by atoms with Crippen LogP contribution < -0.4 is 15.5 Å². The molecule has 0 aromatic carbocycles. The van der Waals surface area contributed by atoms with Crippen molar-refractivity contribution >= 4 is 35.1 Å². The van der Waals surface area contributed by atoms with Gasteiger partial charge in [-0.2, -0.15) is 0 Å². The Labute approximate surface area is 237 Å². The van der Waals surface area contributed by atoms with E-state index in [1.807, 2.05) is 12.1 Å². The quantitative estimate of drug-likeness (QED) is 0.287. The lowest BCUT2D eigenvalue weighted by Crippen LogP contribution is -2.49. The maximum atomic E-state index is 13.2. The Morgan fingerprint density at radius 2 is 1.78 bits per heavy atom. The van der Waals surface area contributed by atoms with E-state index >= 15 is 0 Å². The summed E-state index contributed by atoms with van der Waals surface area (Å²) < 4.78 is 5.36. The Balaban J connectivity index is 1.36. The Morgan fingerprint density at radius 3 is 2.54 bits per heavy atom. The molecule has 1 saturated heterocycles. The first-order valence-electron chi connectivity index (χ1n) is 13.5. The largest absolute Gasteiger partial charge is 0.449 e. The van der Waals surface area contributed by atoms with Gasteiger partial charge in [-0.1, -0.05) is 13.3 Å². The maximum Gasteiger partial charge on any atom is 0.409 e. The summed E-state index contributed by atoms with van der Waals surface area (Å²) in [6, 6.07) is 10.7. The minimum absolute atomic E-state index is 0.270. The molecule has 5 heterocycles. The molecule has 2 N–H and O–H groups in total. The summed E-state index contributed by atoms with van der Waals surface area (Å²) in [6.45, 7) is 4.85. The normalized spacial score (nSPS) is 13.0. The third-order valence-corrected chi connectivity index (χ3v) is 6.45. The molecule has 12 heteroatoms. The lowest BCUT2D eigenvalue weighted by atomic mass is 10.1. The highest BCUT2D eigenvalue weighted by atomic mass is 16.6. The van der Waals surface area contributed by atoms with Crippen LogP contribution in [0, 0.1) is 0 Å². The predicted octanol–water partition coefficient (Wildman–Crippen LogP) is 4.38. The summed E-state index contributed by atoms with van der Waals surface area (Å²) in [6.07, 6.45) is 11.2. The van der Waals surface area contributed by atoms with Gasteiger partial charge in [0.05, 0.1) is 30.4 Å². The zero-order valence-corrected chi connectivity index (χ0v) is 22.7. The predicted molar refractivity (Wildman–Crippen MR) is 155 cm³/mol. The Bertz CT molecular complexity index is 1460. The molecule has 4 aromatic heterocycles. The highest BCUT2D eigenvalue weighted by Gasteiger charge is 2.23. The van der Waals surface area contributed by atoms with Crippen LogP contribution in [-0.2, 0) is 4.74 Å². The van der Waals surface area contributed by atoms with Crippen molar-refractivity contribution in [1.29, 1.82) is 0 Å². The summed E-state index contributed by atoms with van der Waals surface area (Å²) in [5, 5.41) is 6.00. The van der Waals surface area contributed by atoms with Crippen LogP contribution >= 0.6 is 0 Å². The fraction of sp³-hybridized carbons (Fsp3) is 0.276. The van der Waals surface area contributed by atoms with Crippen LogP contribution in [0.25, 0.3) is 11.3 Å². The first-order valence-corrected chi connectivity index (χ1v) is 13.5. The van der Waals surface area contributed by atoms with Crippen molar-refractivity contribution in [2.45, 2.75) is 19.8 Å². The maximum absolute atomic E-state index is 13.2. The van der Waals surface area contributed by atoms with Crippen LogP contribution in [0.15, 0.2) is 73.6 Å². The summed E-state index contributed by atoms with van der Waals surface area (Å²) in [5.41, 5.74) is 2.35. The van der Waals surface area contributed by atoms with Crippen molar-refractivity contribution in [2.24, 2.45) is 0 Å². The third kappa shape index (κ3) is 7.29. The molecule has 0 radical (unpaired) electrons. The van der Waals surface area contributed by atoms with Crippen molar-refractivity contribution in [3.05, 3.63) is 79.1 Å². The molecular formula is C29H31N9O3. The van der Waals surface area contributed by atoms with Crippen molar-refractivity contribution < 1.29 is 14.3 Å². The van der Waals surface area contributed by atoms with Crippen LogP contribution in [0.5, 0.6) is 0 Å². The lowest BCUT2D eigenvalue weighted by Gasteiger charge is -2.34. The topological polar surface area (TPSA) is 138 Å². The number of pyridine rings is 3. The number of carbonyl (C=O) groups excluding carboxylic acids is 2. The van der Waals surface area contributed by atoms with E-state index in [0.717, 1.165) is 24.2 Å². The Morgan fingerprint density at radius 1 is 0.927 bits per heavy atom. The number of nitrogens with zero attached hydrogens (tertiary/aromatic N) is 7. The third-order valence-electron chi connectivity index (χ3n) is 6.45. The van der Waals surface area contributed by atoms with Gasteiger partial charge < -0.3 is 25.2 Å². The Hall–Kier alpha value is -5.13. The molecule has 5 rings (SSSR count). The van der Waals surface area contributed by atoms with Crippen LogP contribution in [0.2, 0.25) is 0 Å². The van der Waals surface area contributed by atoms with Gasteiger partial charge in [0.15, 0.2) is 0 Å². The second-order valence-electron chi connectivity index (χ2n) is 9.38. The average molecular weight is 554 g/mol. The number of nitrogens with one attached hydrogen (secondary N) is 2. The van der Waals surface area contributed by atoms with Crippen LogP contribution in [-0.4, -0.2) is 74.6 Å². The number of amides is 2. The molecule has 1 aliphatic rings. The number of hydrogen-bond donors (Lipinski definition) is 2. The minimum Gasteiger partial charge on any atom is -0.449 e. The molecule has 41 heavy (non-hydrogen) atoms. The van der Waals surface area contributed by atoms with E-state index in [9.17, 15) is 9.59 Å². The number of unbranched alkanes of at least 4 members (excludes halogenated alkanes) is 1. The zero-order chi connectivity index (χ0) is 28.4. The molecule has 210 valence electrons. The van der Waals surface area contributed by atoms with E-state index in [4.69, 9.17) is 9.72 Å². The van der Waals surface area contributed by atoms with Gasteiger partial charge in [-0.05, 0) is 42.8 Å². The Kier molecular flexibility index (Phi) is 8.89. The van der Waals surface area contributed by atoms with Gasteiger partial charge in [-0.3, -0.25) is 14.8 Å². The van der Waals surface area contributed by atoms with Crippen molar-refractivity contribution in [1.82, 2.24) is 29.8 Å². The molecule has 0 aliphatic carbocycles. The molecule has 0 bridgehead atoms. The summed E-state index contributed by atoms with van der Waals surface area (Å²) in [5.74, 6) is 1.39. The van der Waals surface area contributed by atoms with Crippen molar-refractivity contribution in [2.75, 3.05) is 48.3 Å². The first kappa shape index (κ1) is 27.4. The molecule has 4 aromatic rings. The summed E-state index contributed by atoms with van der Waals surface area (Å²) >= 11 is 0. The molecule has 1 fully saturated rings. The van der Waals surface area contributed by atoms with E-state index in [1.165, 1.54) is 0 Å². The van der Waals surface area contributed by atoms with Gasteiger partial charge >= 0.3 is 6.09 Å². The molecule has 2 amide bonds. The number of piperazine rings is 1. The number of aromatic nitrogens is 5. The number of hydrogen-bond acceptors (Lipinski definition) is 10. The van der Waals surface area contributed by atoms with Gasteiger partial charge in [-0.25, -0.2) is 19.7 Å². The van der Waals surface area contributed by atoms with Crippen molar-refractivity contribution in [3.8, 4) is 11.3 Å². The molecule has 0 atom stereocenters. The smallest absolute Gasteiger partial charge is 0.409 e. The van der Waals surface area contributed by atoms with E-state index in [2.05, 4.69) is 42.4 Å². The fourth-order valence-corrected chi connectivity index (χ4v) is 4.27. The SMILES string of the molecule is CCCCOC(=O)N1CCN(c2cc(-c3cc(C(=O)Nc4cccnc4)cc(Nc4cnccn4)n3)ccn2)CC1. The number of anilines is 4. The highest BCUT2D eigenvalue weighted by molar-refractivity contribution is 6.05. The number of ether oxygens (including phenoxy) is 1. The second-order valence-corrected chi connectivity index (χ2v) is 9.38. The second kappa shape index (κ2) is 13.3. The fourth-order valence-electron chi connectivity index (χ4n) is 4.27. The van der Waals surface area contributed by atoms with Gasteiger partial charge in [0.25, 0.3) is 5.91 Å². The lowest BCUT2D eigenvalue weighted by molar-refractivity contribution is 0.0987. The molecule has 1 aliphatic heterocycles. The molecule has 0 saturated carbocycles. The minimum atomic E-state index is -0.305. The van der Waals surface area contributed by atoms with Crippen LogP contribution in [0.1, 0.15) is 30.1 Å². The van der Waals surface area contributed by atoms with Crippen molar-refractivity contribution in [3.63, 3.8) is 0 Å². The molecular weight excluding hydrogens is 522 g/mol. The van der Waals surface area contributed by atoms with Gasteiger partial charge in [0.2, 0.25) is 0 Å². The zero-order valence-electron chi connectivity index (χ0n) is 22.7. The van der Waals surface area contributed by atoms with Gasteiger partial charge in [0, 0.05) is 62.1 Å². The standard InChI is InChI=1S/C29H31N9O3/c1-2-3-15-41-29(40)38-13-11-37(12-14-38)27-18-21(6-8-33-27)24-16-22(28(39)34-23-5-4-7-30-19-23)17-25(35-24)36-26-20-31-9-10-32-26/h4-10,16-20H,2-3,11-15H2,1H3,(H,34,39)(H,32,35,36). The van der Waals surface area contributed by atoms with E-state index in [-0.39, 0.29) is 12.0 Å². The van der Waals surface area contributed by atoms with Gasteiger partial charge in [-0.15, -0.1) is 0 Å². The molecule has 0 unspecified atom stereocenters. The average Bonchev–Trinajstić information content (AvgIpc) is 3.02. The van der Waals surface area contributed by atoms with E-state index in [1.54, 1.807) is 66.3 Å². The first-order chi connectivity index (χ1) is 20.1. The monoisotopic (exact) mass is 553 g/mol. The van der Waals surface area contributed by atoms with E-state index < -0.39 is 0 Å².